The van der Waals surface area contributed by atoms with Crippen molar-refractivity contribution in [3.63, 3.8) is 0 Å². The molecule has 0 radical (unpaired) electrons. The average molecular weight is 1180 g/mol. The number of hydrogen-bond donors (Lipinski definition) is 15. The van der Waals surface area contributed by atoms with Crippen LogP contribution in [-0.4, -0.2) is 191 Å². The number of carbonyl (C=O) groups is 4. The Morgan fingerprint density at radius 2 is 1.78 bits per heavy atom. The molecule has 6 aromatic rings. The van der Waals surface area contributed by atoms with Crippen molar-refractivity contribution in [2.45, 2.75) is 111 Å². The summed E-state index contributed by atoms with van der Waals surface area (Å²) < 4.78 is 26.3. The van der Waals surface area contributed by atoms with Gasteiger partial charge in [0.1, 0.15) is 60.5 Å². The second-order valence-electron chi connectivity index (χ2n) is 21.4. The number of benzene rings is 3. The highest BCUT2D eigenvalue weighted by Gasteiger charge is 2.75. The van der Waals surface area contributed by atoms with Crippen LogP contribution in [0, 0.1) is 19.8 Å². The van der Waals surface area contributed by atoms with Gasteiger partial charge in [-0.1, -0.05) is 41.5 Å². The Kier molecular flexibility index (Phi) is 18.6. The molecular formula is C58H68N8O19. The van der Waals surface area contributed by atoms with E-state index in [0.717, 1.165) is 11.1 Å². The molecule has 13 atom stereocenters. The van der Waals surface area contributed by atoms with Crippen molar-refractivity contribution >= 4 is 52.3 Å². The van der Waals surface area contributed by atoms with Gasteiger partial charge in [0, 0.05) is 67.7 Å². The van der Waals surface area contributed by atoms with Crippen LogP contribution in [0.1, 0.15) is 36.8 Å². The summed E-state index contributed by atoms with van der Waals surface area (Å²) in [5.41, 5.74) is -0.749. The molecule has 13 unspecified atom stereocenters. The van der Waals surface area contributed by atoms with Gasteiger partial charge in [0.15, 0.2) is 28.7 Å². The van der Waals surface area contributed by atoms with Crippen LogP contribution in [0.3, 0.4) is 0 Å². The summed E-state index contributed by atoms with van der Waals surface area (Å²) in [4.78, 5) is 79.9. The summed E-state index contributed by atoms with van der Waals surface area (Å²) in [6, 6.07) is 11.8. The lowest BCUT2D eigenvalue weighted by molar-refractivity contribution is -0.400. The first-order chi connectivity index (χ1) is 40.7. The lowest BCUT2D eigenvalue weighted by Gasteiger charge is -2.59. The number of guanidine groups is 1. The number of rotatable bonds is 24. The number of carbonyl (C=O) groups excluding carboxylic acids is 3. The molecule has 3 aromatic heterocycles. The van der Waals surface area contributed by atoms with E-state index in [1.54, 1.807) is 24.4 Å². The number of carboxylic acid groups (broad SMARTS) is 1. The van der Waals surface area contributed by atoms with Gasteiger partial charge in [-0.25, -0.2) is 14.6 Å². The molecule has 9 rings (SSSR count). The first-order valence-electron chi connectivity index (χ1n) is 27.3. The number of nitrogens with two attached hydrogens (primary N) is 1. The van der Waals surface area contributed by atoms with Crippen LogP contribution in [0.5, 0.6) is 11.5 Å². The van der Waals surface area contributed by atoms with Crippen LogP contribution in [0.4, 0.5) is 0 Å². The Hall–Kier alpha value is -8.06. The number of ether oxygens (including phenoxy) is 3. The predicted octanol–water partition coefficient (Wildman–Crippen LogP) is -0.919. The maximum atomic E-state index is 14.5. The van der Waals surface area contributed by atoms with Crippen LogP contribution in [0.2, 0.25) is 0 Å². The number of aromatic hydroxyl groups is 1. The van der Waals surface area contributed by atoms with Gasteiger partial charge in [-0.15, -0.1) is 0 Å². The number of aromatic amines is 1. The summed E-state index contributed by atoms with van der Waals surface area (Å²) in [6.45, 7) is -0.245. The zero-order chi connectivity index (χ0) is 61.0. The number of nitrogens with zero attached hydrogens (tertiary/aromatic N) is 2. The molecule has 0 amide bonds. The molecule has 2 fully saturated rings. The third kappa shape index (κ3) is 12.3. The van der Waals surface area contributed by atoms with Crippen LogP contribution >= 0.6 is 0 Å². The zero-order valence-corrected chi connectivity index (χ0v) is 46.1. The zero-order valence-electron chi connectivity index (χ0n) is 46.1. The molecule has 0 aliphatic carbocycles. The maximum Gasteiger partial charge on any atom is 0.337 e. The largest absolute Gasteiger partial charge is 0.508 e. The topological polar surface area (TPSA) is 425 Å². The number of piperidine rings is 1. The van der Waals surface area contributed by atoms with E-state index in [1.807, 2.05) is 32.0 Å². The molecule has 2 saturated heterocycles. The Morgan fingerprint density at radius 3 is 2.46 bits per heavy atom. The normalized spacial score (nSPS) is 25.9. The van der Waals surface area contributed by atoms with Gasteiger partial charge in [-0.05, 0) is 74.7 Å². The third-order valence-corrected chi connectivity index (χ3v) is 15.6. The molecule has 27 nitrogen and oxygen atoms in total. The summed E-state index contributed by atoms with van der Waals surface area (Å²) in [6.07, 6.45) is -2.95. The first-order valence-corrected chi connectivity index (χ1v) is 27.3. The van der Waals surface area contributed by atoms with E-state index < -0.39 is 122 Å². The molecule has 0 bridgehead atoms. The summed E-state index contributed by atoms with van der Waals surface area (Å²) in [5.74, 6) is -4.91. The number of aliphatic carboxylic acids is 1. The van der Waals surface area contributed by atoms with E-state index in [2.05, 4.69) is 31.2 Å². The number of aldehydes is 2. The van der Waals surface area contributed by atoms with Crippen molar-refractivity contribution in [1.82, 2.24) is 31.0 Å². The van der Waals surface area contributed by atoms with E-state index in [0.29, 0.717) is 46.8 Å². The molecule has 6 heterocycles. The number of phenols is 1. The number of carboxylic acids is 1. The lowest BCUT2D eigenvalue weighted by Crippen LogP contribution is -2.86. The number of phenolic OH excluding ortho intramolecular Hbond substituents is 1. The van der Waals surface area contributed by atoms with Gasteiger partial charge >= 0.3 is 11.9 Å². The van der Waals surface area contributed by atoms with Crippen molar-refractivity contribution < 1.29 is 88.6 Å². The second-order valence-corrected chi connectivity index (χ2v) is 21.4. The number of hydrogen-bond acceptors (Lipinski definition) is 22. The smallest absolute Gasteiger partial charge is 0.337 e. The van der Waals surface area contributed by atoms with Crippen molar-refractivity contribution in [1.29, 1.82) is 0 Å². The van der Waals surface area contributed by atoms with Crippen LogP contribution in [0.25, 0.3) is 44.3 Å². The standard InChI is InChI=1S/C58H68N8O19/c1-30-19-31(2)21-35(20-30)48-46-34(14-16-61-46)25-66(48)85-50-53(82-37-11-12-38-43(22-37)81-27-39(49(38)75)32-6-9-36(72)10-7-32)83-54(56(79,28-70)58(50,80)44(73)5-3-17-67)57(29-71,84-52(78)47(51(76)77)60-15-4-18-68)65-55(59)64-42(26-69)40-13-8-33-24-62-45(74)23-41(33)63-40/h6-14,16,18-22,25-27,33,40-42,44-45,47,50,53-54,60-63,67,70-74,79-80H,3-5,15,17,23-24,28-29H2,1-2H3,(H,76,77)(H3,59,64,65). The predicted molar refractivity (Wildman–Crippen MR) is 302 cm³/mol. The number of H-pyrrole nitrogens is 1. The minimum Gasteiger partial charge on any atom is -0.508 e. The summed E-state index contributed by atoms with van der Waals surface area (Å²) in [7, 11) is 0. The molecule has 0 spiro atoms. The van der Waals surface area contributed by atoms with Crippen molar-refractivity contribution in [3.8, 4) is 33.9 Å². The fourth-order valence-electron chi connectivity index (χ4n) is 11.4. The molecule has 0 saturated carbocycles. The van der Waals surface area contributed by atoms with Crippen LogP contribution in [0.15, 0.2) is 112 Å². The number of nitrogens with one attached hydrogen (secondary N) is 5. The Bertz CT molecular complexity index is 3490. The second kappa shape index (κ2) is 25.7. The third-order valence-electron chi connectivity index (χ3n) is 15.6. The minimum atomic E-state index is -3.55. The van der Waals surface area contributed by atoms with Gasteiger partial charge in [-0.2, -0.15) is 4.73 Å². The van der Waals surface area contributed by atoms with Crippen molar-refractivity contribution in [2.24, 2.45) is 16.6 Å². The van der Waals surface area contributed by atoms with Crippen LogP contribution in [-0.2, 0) is 28.7 Å². The van der Waals surface area contributed by atoms with E-state index in [1.165, 1.54) is 59.7 Å². The van der Waals surface area contributed by atoms with Gasteiger partial charge in [0.2, 0.25) is 24.2 Å². The molecule has 3 aliphatic rings. The van der Waals surface area contributed by atoms with Crippen molar-refractivity contribution in [3.05, 3.63) is 119 Å². The number of aryl methyl sites for hydroxylation is 2. The quantitative estimate of drug-likeness (QED) is 0.00509. The van der Waals surface area contributed by atoms with Gasteiger partial charge in [-0.3, -0.25) is 15.4 Å². The number of aliphatic hydroxyl groups is 7. The molecule has 16 N–H and O–H groups in total. The van der Waals surface area contributed by atoms with Gasteiger partial charge in [0.05, 0.1) is 41.4 Å². The van der Waals surface area contributed by atoms with E-state index >= 15 is 0 Å². The minimum absolute atomic E-state index is 0.0277. The van der Waals surface area contributed by atoms with E-state index in [-0.39, 0.29) is 59.3 Å². The number of fused-ring (bicyclic) bond motifs is 3. The lowest BCUT2D eigenvalue weighted by atomic mass is 9.66. The van der Waals surface area contributed by atoms with Crippen LogP contribution < -0.4 is 42.0 Å². The molecule has 3 aromatic carbocycles. The molecule has 85 heavy (non-hydrogen) atoms. The van der Waals surface area contributed by atoms with E-state index in [4.69, 9.17) is 29.2 Å². The first kappa shape index (κ1) is 61.5. The fourth-order valence-corrected chi connectivity index (χ4v) is 11.4. The summed E-state index contributed by atoms with van der Waals surface area (Å²) in [5, 5.41) is 116. The highest BCUT2D eigenvalue weighted by Crippen LogP contribution is 2.47. The number of aliphatic imine (C=N–C) groups is 1. The monoisotopic (exact) mass is 1180 g/mol. The van der Waals surface area contributed by atoms with E-state index in [9.17, 15) is 69.9 Å². The average Bonchev–Trinajstić information content (AvgIpc) is 0.766. The SMILES string of the molecule is Cc1cc(C)cc(-c2c3[nH]ccc3cn2OC2C(Oc3ccc4c(=O)c(-c5ccc(O)cc5)coc4c3)OC(C(CO)(NC(N)=NC(C=O)C3C=CC4CNC(O)CC4N3)OC(=O)C(NCCC=O)C(=O)O)C(O)(CO)C2(O)C(O)CCCO)c1. The fraction of sp³-hybridized carbons (Fsp3) is 0.414. The molecule has 454 valence electrons. The number of aromatic nitrogens is 2. The maximum absolute atomic E-state index is 14.5. The Balaban J connectivity index is 1.23. The Morgan fingerprint density at radius 1 is 1.02 bits per heavy atom. The molecule has 27 heteroatoms. The molecular weight excluding hydrogens is 1110 g/mol. The highest BCUT2D eigenvalue weighted by atomic mass is 16.8. The Labute approximate surface area is 484 Å². The highest BCUT2D eigenvalue weighted by molar-refractivity contribution is 5.99. The van der Waals surface area contributed by atoms with Gasteiger partial charge < -0.3 is 100 Å². The molecule has 3 aliphatic heterocycles. The summed E-state index contributed by atoms with van der Waals surface area (Å²) >= 11 is 0. The number of aliphatic hydroxyl groups excluding tert-OH is 5. The number of esters is 1. The van der Waals surface area contributed by atoms with Crippen molar-refractivity contribution in [2.75, 3.05) is 32.9 Å². The van der Waals surface area contributed by atoms with Gasteiger partial charge in [0.25, 0.3) is 0 Å².